The summed E-state index contributed by atoms with van der Waals surface area (Å²) in [5.41, 5.74) is -0.119. The SMILES string of the molecule is CC1CC(C)(C)N(O)C1(C)C. The molecular weight excluding hydrogens is 138 g/mol. The van der Waals surface area contributed by atoms with E-state index < -0.39 is 0 Å². The summed E-state index contributed by atoms with van der Waals surface area (Å²) in [7, 11) is 0. The van der Waals surface area contributed by atoms with Crippen molar-refractivity contribution in [3.05, 3.63) is 0 Å². The lowest BCUT2D eigenvalue weighted by Crippen LogP contribution is -2.46. The van der Waals surface area contributed by atoms with Gasteiger partial charge in [-0.25, -0.2) is 0 Å². The molecule has 1 saturated heterocycles. The molecule has 0 aromatic rings. The molecule has 1 aliphatic heterocycles. The van der Waals surface area contributed by atoms with Crippen LogP contribution in [0.1, 0.15) is 41.0 Å². The highest BCUT2D eigenvalue weighted by molar-refractivity contribution is 4.99. The fraction of sp³-hybridized carbons (Fsp3) is 1.00. The van der Waals surface area contributed by atoms with E-state index in [2.05, 4.69) is 34.6 Å². The molecule has 66 valence electrons. The summed E-state index contributed by atoms with van der Waals surface area (Å²) < 4.78 is 0. The van der Waals surface area contributed by atoms with Crippen molar-refractivity contribution in [2.24, 2.45) is 5.92 Å². The molecule has 2 nitrogen and oxygen atoms in total. The highest BCUT2D eigenvalue weighted by Crippen LogP contribution is 2.42. The standard InChI is InChI=1S/C9H19NO/c1-7-6-8(2,3)10(11)9(7,4)5/h7,11H,6H2,1-5H3. The Morgan fingerprint density at radius 1 is 1.27 bits per heavy atom. The second-order valence-corrected chi connectivity index (χ2v) is 4.88. The van der Waals surface area contributed by atoms with Gasteiger partial charge in [-0.05, 0) is 40.0 Å². The molecule has 0 aromatic carbocycles. The largest absolute Gasteiger partial charge is 0.313 e. The van der Waals surface area contributed by atoms with Gasteiger partial charge in [0, 0.05) is 11.1 Å². The third kappa shape index (κ3) is 1.18. The number of hydrogen-bond acceptors (Lipinski definition) is 2. The van der Waals surface area contributed by atoms with Gasteiger partial charge < -0.3 is 5.21 Å². The minimum Gasteiger partial charge on any atom is -0.313 e. The Hall–Kier alpha value is -0.0800. The molecule has 0 aliphatic carbocycles. The minimum absolute atomic E-state index is 0.0527. The minimum atomic E-state index is -0.0660. The van der Waals surface area contributed by atoms with E-state index in [4.69, 9.17) is 0 Å². The predicted molar refractivity (Wildman–Crippen MR) is 45.6 cm³/mol. The van der Waals surface area contributed by atoms with Crippen molar-refractivity contribution in [1.82, 2.24) is 5.06 Å². The highest BCUT2D eigenvalue weighted by Gasteiger charge is 2.48. The lowest BCUT2D eigenvalue weighted by molar-refractivity contribution is -0.196. The van der Waals surface area contributed by atoms with E-state index >= 15 is 0 Å². The zero-order chi connectivity index (χ0) is 8.86. The zero-order valence-electron chi connectivity index (χ0n) is 8.18. The molecule has 11 heavy (non-hydrogen) atoms. The molecule has 1 fully saturated rings. The Balaban J connectivity index is 2.89. The smallest absolute Gasteiger partial charge is 0.0436 e. The van der Waals surface area contributed by atoms with Crippen LogP contribution in [0.5, 0.6) is 0 Å². The molecule has 0 amide bonds. The summed E-state index contributed by atoms with van der Waals surface area (Å²) in [5.74, 6) is 0.558. The molecule has 0 radical (unpaired) electrons. The molecule has 1 heterocycles. The molecular formula is C9H19NO. The van der Waals surface area contributed by atoms with Crippen LogP contribution in [0.2, 0.25) is 0 Å². The van der Waals surface area contributed by atoms with Gasteiger partial charge in [0.1, 0.15) is 0 Å². The molecule has 1 rings (SSSR count). The molecule has 0 spiro atoms. The third-order valence-corrected chi connectivity index (χ3v) is 3.13. The quantitative estimate of drug-likeness (QED) is 0.583. The van der Waals surface area contributed by atoms with Gasteiger partial charge in [-0.3, -0.25) is 0 Å². The van der Waals surface area contributed by atoms with E-state index in [1.165, 1.54) is 5.06 Å². The van der Waals surface area contributed by atoms with Gasteiger partial charge in [0.15, 0.2) is 0 Å². The molecule has 0 bridgehead atoms. The molecule has 1 atom stereocenters. The van der Waals surface area contributed by atoms with E-state index in [9.17, 15) is 5.21 Å². The van der Waals surface area contributed by atoms with Crippen LogP contribution in [0.4, 0.5) is 0 Å². The average Bonchev–Trinajstić information content (AvgIpc) is 1.94. The van der Waals surface area contributed by atoms with Crippen molar-refractivity contribution >= 4 is 0 Å². The van der Waals surface area contributed by atoms with Gasteiger partial charge in [0.25, 0.3) is 0 Å². The van der Waals surface area contributed by atoms with Crippen molar-refractivity contribution < 1.29 is 5.21 Å². The fourth-order valence-corrected chi connectivity index (χ4v) is 2.07. The summed E-state index contributed by atoms with van der Waals surface area (Å²) >= 11 is 0. The van der Waals surface area contributed by atoms with Gasteiger partial charge in [-0.2, -0.15) is 5.06 Å². The van der Waals surface area contributed by atoms with E-state index in [0.29, 0.717) is 5.92 Å². The van der Waals surface area contributed by atoms with E-state index in [-0.39, 0.29) is 11.1 Å². The monoisotopic (exact) mass is 157 g/mol. The summed E-state index contributed by atoms with van der Waals surface area (Å²) in [5, 5.41) is 11.3. The van der Waals surface area contributed by atoms with Crippen molar-refractivity contribution in [3.8, 4) is 0 Å². The molecule has 1 unspecified atom stereocenters. The Labute approximate surface area is 69.2 Å². The van der Waals surface area contributed by atoms with Crippen LogP contribution in [-0.4, -0.2) is 21.3 Å². The summed E-state index contributed by atoms with van der Waals surface area (Å²) in [6.45, 7) is 10.5. The van der Waals surface area contributed by atoms with Gasteiger partial charge >= 0.3 is 0 Å². The molecule has 2 heteroatoms. The number of nitrogens with zero attached hydrogens (tertiary/aromatic N) is 1. The highest BCUT2D eigenvalue weighted by atomic mass is 16.5. The fourth-order valence-electron chi connectivity index (χ4n) is 2.07. The van der Waals surface area contributed by atoms with Crippen molar-refractivity contribution in [3.63, 3.8) is 0 Å². The van der Waals surface area contributed by atoms with Crippen LogP contribution in [0, 0.1) is 5.92 Å². The van der Waals surface area contributed by atoms with Crippen LogP contribution in [-0.2, 0) is 0 Å². The third-order valence-electron chi connectivity index (χ3n) is 3.13. The maximum absolute atomic E-state index is 9.79. The van der Waals surface area contributed by atoms with Crippen molar-refractivity contribution in [1.29, 1.82) is 0 Å². The second kappa shape index (κ2) is 2.20. The molecule has 1 N–H and O–H groups in total. The topological polar surface area (TPSA) is 23.5 Å². The first kappa shape index (κ1) is 9.01. The Morgan fingerprint density at radius 3 is 1.82 bits per heavy atom. The van der Waals surface area contributed by atoms with Gasteiger partial charge in [0.2, 0.25) is 0 Å². The van der Waals surface area contributed by atoms with Crippen LogP contribution >= 0.6 is 0 Å². The zero-order valence-corrected chi connectivity index (χ0v) is 8.18. The molecule has 0 aromatic heterocycles. The predicted octanol–water partition coefficient (Wildman–Crippen LogP) is 2.27. The van der Waals surface area contributed by atoms with Crippen molar-refractivity contribution in [2.75, 3.05) is 0 Å². The van der Waals surface area contributed by atoms with E-state index in [0.717, 1.165) is 6.42 Å². The first-order valence-corrected chi connectivity index (χ1v) is 4.28. The second-order valence-electron chi connectivity index (χ2n) is 4.88. The van der Waals surface area contributed by atoms with Crippen LogP contribution in [0.3, 0.4) is 0 Å². The first-order valence-electron chi connectivity index (χ1n) is 4.28. The molecule has 0 saturated carbocycles. The summed E-state index contributed by atoms with van der Waals surface area (Å²) in [6, 6.07) is 0. The summed E-state index contributed by atoms with van der Waals surface area (Å²) in [4.78, 5) is 0. The molecule has 1 aliphatic rings. The van der Waals surface area contributed by atoms with Crippen LogP contribution < -0.4 is 0 Å². The van der Waals surface area contributed by atoms with E-state index in [1.807, 2.05) is 0 Å². The number of rotatable bonds is 0. The van der Waals surface area contributed by atoms with Gasteiger partial charge in [-0.1, -0.05) is 6.92 Å². The lowest BCUT2D eigenvalue weighted by Gasteiger charge is -2.35. The number of hydrogen-bond donors (Lipinski definition) is 1. The first-order chi connectivity index (χ1) is 4.78. The van der Waals surface area contributed by atoms with Crippen LogP contribution in [0.25, 0.3) is 0 Å². The van der Waals surface area contributed by atoms with Crippen LogP contribution in [0.15, 0.2) is 0 Å². The average molecular weight is 157 g/mol. The van der Waals surface area contributed by atoms with Gasteiger partial charge in [0.05, 0.1) is 0 Å². The normalized spacial score (nSPS) is 36.0. The summed E-state index contributed by atoms with van der Waals surface area (Å²) in [6.07, 6.45) is 1.07. The Bertz CT molecular complexity index is 163. The van der Waals surface area contributed by atoms with Crippen molar-refractivity contribution in [2.45, 2.75) is 52.1 Å². The Kier molecular flexibility index (Phi) is 1.81. The van der Waals surface area contributed by atoms with Gasteiger partial charge in [-0.15, -0.1) is 0 Å². The Morgan fingerprint density at radius 2 is 1.73 bits per heavy atom. The maximum Gasteiger partial charge on any atom is 0.0436 e. The maximum atomic E-state index is 9.79. The van der Waals surface area contributed by atoms with E-state index in [1.54, 1.807) is 0 Å². The number of hydroxylamine groups is 2. The lowest BCUT2D eigenvalue weighted by atomic mass is 9.89.